The molecule has 0 aliphatic carbocycles. The lowest BCUT2D eigenvalue weighted by Crippen LogP contribution is -2.11. The molecule has 5 nitrogen and oxygen atoms in total. The molecule has 1 aromatic rings. The van der Waals surface area contributed by atoms with Crippen molar-refractivity contribution in [2.24, 2.45) is 0 Å². The largest absolute Gasteiger partial charge is 0.368 e. The molecule has 23 heavy (non-hydrogen) atoms. The predicted molar refractivity (Wildman–Crippen MR) is 93.2 cm³/mol. The van der Waals surface area contributed by atoms with Crippen molar-refractivity contribution in [3.8, 4) is 11.5 Å². The van der Waals surface area contributed by atoms with E-state index in [4.69, 9.17) is 16.6 Å². The number of nitrogens with zero attached hydrogens (tertiary/aromatic N) is 4. The van der Waals surface area contributed by atoms with Crippen molar-refractivity contribution in [1.29, 1.82) is 0 Å². The highest BCUT2D eigenvalue weighted by atomic mass is 35.5. The van der Waals surface area contributed by atoms with Crippen LogP contribution in [0.4, 0.5) is 5.82 Å². The van der Waals surface area contributed by atoms with Crippen LogP contribution in [0.3, 0.4) is 0 Å². The van der Waals surface area contributed by atoms with E-state index in [2.05, 4.69) is 29.1 Å². The van der Waals surface area contributed by atoms with Gasteiger partial charge in [-0.15, -0.1) is 0 Å². The minimum Gasteiger partial charge on any atom is -0.368 e. The molecule has 2 aliphatic heterocycles. The van der Waals surface area contributed by atoms with Crippen LogP contribution in [-0.4, -0.2) is 26.1 Å². The first-order chi connectivity index (χ1) is 11.1. The van der Waals surface area contributed by atoms with Crippen molar-refractivity contribution in [2.45, 2.75) is 33.2 Å². The Bertz CT molecular complexity index is 781. The number of aromatic nitrogens is 4. The summed E-state index contributed by atoms with van der Waals surface area (Å²) in [7, 11) is 0. The van der Waals surface area contributed by atoms with E-state index in [9.17, 15) is 0 Å². The Kier molecular flexibility index (Phi) is 4.48. The van der Waals surface area contributed by atoms with Gasteiger partial charge in [-0.1, -0.05) is 43.6 Å². The van der Waals surface area contributed by atoms with Gasteiger partial charge in [-0.25, -0.2) is 15.0 Å². The van der Waals surface area contributed by atoms with Gasteiger partial charge in [-0.2, -0.15) is 0 Å². The average molecular weight is 330 g/mol. The number of anilines is 1. The van der Waals surface area contributed by atoms with Crippen molar-refractivity contribution in [2.75, 3.05) is 11.9 Å². The molecule has 0 radical (unpaired) electrons. The van der Waals surface area contributed by atoms with E-state index in [0.717, 1.165) is 40.3 Å². The van der Waals surface area contributed by atoms with Crippen molar-refractivity contribution in [3.05, 3.63) is 47.0 Å². The highest BCUT2D eigenvalue weighted by molar-refractivity contribution is 6.31. The van der Waals surface area contributed by atoms with E-state index in [1.165, 1.54) is 0 Å². The molecule has 120 valence electrons. The lowest BCUT2D eigenvalue weighted by Gasteiger charge is -2.14. The van der Waals surface area contributed by atoms with Gasteiger partial charge in [0.2, 0.25) is 0 Å². The Morgan fingerprint density at radius 1 is 1.22 bits per heavy atom. The van der Waals surface area contributed by atoms with Gasteiger partial charge in [0, 0.05) is 17.5 Å². The normalized spacial score (nSPS) is 11.3. The summed E-state index contributed by atoms with van der Waals surface area (Å²) in [6.45, 7) is 7.63. The molecular formula is C17H20ClN5. The van der Waals surface area contributed by atoms with Crippen LogP contribution >= 0.6 is 11.6 Å². The van der Waals surface area contributed by atoms with Crippen LogP contribution < -0.4 is 5.32 Å². The van der Waals surface area contributed by atoms with Gasteiger partial charge in [-0.3, -0.25) is 0 Å². The van der Waals surface area contributed by atoms with Gasteiger partial charge in [-0.05, 0) is 18.6 Å². The number of rotatable bonds is 5. The van der Waals surface area contributed by atoms with E-state index in [0.29, 0.717) is 6.54 Å². The third kappa shape index (κ3) is 3.15. The third-order valence-corrected chi connectivity index (χ3v) is 4.01. The molecule has 2 aliphatic rings. The number of fused-ring (bicyclic) bond motifs is 1. The highest BCUT2D eigenvalue weighted by Crippen LogP contribution is 2.29. The molecule has 0 aromatic heterocycles. The Morgan fingerprint density at radius 3 is 2.70 bits per heavy atom. The van der Waals surface area contributed by atoms with Gasteiger partial charge < -0.3 is 9.88 Å². The second kappa shape index (κ2) is 6.54. The summed E-state index contributed by atoms with van der Waals surface area (Å²) in [6.07, 6.45) is 1.79. The second-order valence-electron chi connectivity index (χ2n) is 5.75. The van der Waals surface area contributed by atoms with Crippen LogP contribution in [0.5, 0.6) is 0 Å². The fourth-order valence-electron chi connectivity index (χ4n) is 2.43. The number of nitrogens with one attached hydrogen (secondary N) is 1. The van der Waals surface area contributed by atoms with Crippen molar-refractivity contribution < 1.29 is 0 Å². The molecule has 0 saturated carbocycles. The number of benzene rings is 1. The molecule has 0 spiro atoms. The fraction of sp³-hybridized carbons (Fsp3) is 0.353. The van der Waals surface area contributed by atoms with Crippen LogP contribution in [0, 0.1) is 0 Å². The zero-order chi connectivity index (χ0) is 16.4. The highest BCUT2D eigenvalue weighted by Gasteiger charge is 2.21. The van der Waals surface area contributed by atoms with E-state index >= 15 is 0 Å². The van der Waals surface area contributed by atoms with Gasteiger partial charge in [0.15, 0.2) is 17.3 Å². The van der Waals surface area contributed by atoms with E-state index in [1.807, 2.05) is 35.8 Å². The molecule has 0 fully saturated rings. The smallest absolute Gasteiger partial charge is 0.166 e. The molecule has 0 unspecified atom stereocenters. The number of imidazole rings is 1. The molecule has 0 atom stereocenters. The Morgan fingerprint density at radius 2 is 2.00 bits per heavy atom. The van der Waals surface area contributed by atoms with Gasteiger partial charge in [0.1, 0.15) is 5.82 Å². The van der Waals surface area contributed by atoms with Crippen LogP contribution in [0.25, 0.3) is 11.5 Å². The van der Waals surface area contributed by atoms with Crippen LogP contribution in [0.1, 0.15) is 38.1 Å². The monoisotopic (exact) mass is 329 g/mol. The zero-order valence-electron chi connectivity index (χ0n) is 13.5. The van der Waals surface area contributed by atoms with E-state index < -0.39 is 0 Å². The summed E-state index contributed by atoms with van der Waals surface area (Å²) in [4.78, 5) is 13.9. The molecule has 1 N–H and O–H groups in total. The minimum atomic E-state index is 0.269. The van der Waals surface area contributed by atoms with Crippen LogP contribution in [-0.2, 0) is 6.54 Å². The van der Waals surface area contributed by atoms with Crippen molar-refractivity contribution >= 4 is 17.4 Å². The minimum absolute atomic E-state index is 0.269. The lowest BCUT2D eigenvalue weighted by atomic mass is 10.2. The maximum atomic E-state index is 6.28. The van der Waals surface area contributed by atoms with Crippen LogP contribution in [0.2, 0.25) is 5.02 Å². The second-order valence-corrected chi connectivity index (χ2v) is 6.16. The van der Waals surface area contributed by atoms with Gasteiger partial charge >= 0.3 is 0 Å². The van der Waals surface area contributed by atoms with E-state index in [-0.39, 0.29) is 5.92 Å². The number of hydrogen-bond donors (Lipinski definition) is 1. The molecule has 0 saturated heterocycles. The number of halogens is 1. The zero-order valence-corrected chi connectivity index (χ0v) is 14.3. The van der Waals surface area contributed by atoms with E-state index in [1.54, 1.807) is 6.33 Å². The first kappa shape index (κ1) is 15.7. The Labute approximate surface area is 141 Å². The molecule has 0 bridgehead atoms. The van der Waals surface area contributed by atoms with Crippen molar-refractivity contribution in [3.63, 3.8) is 0 Å². The quantitative estimate of drug-likeness (QED) is 0.767. The molecule has 0 amide bonds. The SMILES string of the molecule is CCNc1ncn(Cc2ccccc2Cl)c2nc(C(C)C)nc1-2. The summed E-state index contributed by atoms with van der Waals surface area (Å²) in [5.41, 5.74) is 1.85. The fourth-order valence-corrected chi connectivity index (χ4v) is 2.63. The van der Waals surface area contributed by atoms with Crippen molar-refractivity contribution in [1.82, 2.24) is 19.5 Å². The summed E-state index contributed by atoms with van der Waals surface area (Å²) >= 11 is 6.28. The maximum Gasteiger partial charge on any atom is 0.166 e. The number of hydrogen-bond acceptors (Lipinski definition) is 4. The lowest BCUT2D eigenvalue weighted by molar-refractivity contribution is 0.752. The summed E-state index contributed by atoms with van der Waals surface area (Å²) in [5.74, 6) is 2.71. The summed E-state index contributed by atoms with van der Waals surface area (Å²) in [5, 5.41) is 4.00. The topological polar surface area (TPSA) is 55.6 Å². The summed E-state index contributed by atoms with van der Waals surface area (Å²) < 4.78 is 2.00. The predicted octanol–water partition coefficient (Wildman–Crippen LogP) is 4.03. The molecule has 6 heteroatoms. The Hall–Kier alpha value is -2.14. The maximum absolute atomic E-state index is 6.28. The molecule has 3 rings (SSSR count). The molecule has 2 heterocycles. The third-order valence-electron chi connectivity index (χ3n) is 3.64. The first-order valence-corrected chi connectivity index (χ1v) is 8.18. The Balaban J connectivity index is 2.07. The van der Waals surface area contributed by atoms with Gasteiger partial charge in [0.05, 0.1) is 12.9 Å². The van der Waals surface area contributed by atoms with Gasteiger partial charge in [0.25, 0.3) is 0 Å². The molecular weight excluding hydrogens is 310 g/mol. The summed E-state index contributed by atoms with van der Waals surface area (Å²) in [6, 6.07) is 7.82. The van der Waals surface area contributed by atoms with Crippen LogP contribution in [0.15, 0.2) is 30.6 Å². The average Bonchev–Trinajstić information content (AvgIpc) is 2.98. The molecule has 1 aromatic carbocycles. The first-order valence-electron chi connectivity index (χ1n) is 7.80. The standard InChI is InChI=1S/C17H20ClN5/c1-4-19-16-14-17(22-15(21-14)11(2)3)23(10-20-16)9-12-7-5-6-8-13(12)18/h5-8,10-11,19H,4,9H2,1-3H3.